The van der Waals surface area contributed by atoms with Crippen molar-refractivity contribution in [3.05, 3.63) is 34.5 Å². The van der Waals surface area contributed by atoms with Crippen LogP contribution in [0.15, 0.2) is 23.1 Å². The molecule has 0 aromatic carbocycles. The van der Waals surface area contributed by atoms with Gasteiger partial charge in [0, 0.05) is 37.4 Å². The summed E-state index contributed by atoms with van der Waals surface area (Å²) in [7, 11) is 1.72. The van der Waals surface area contributed by atoms with Crippen molar-refractivity contribution in [1.82, 2.24) is 19.7 Å². The number of aromatic nitrogens is 4. The molecule has 1 fully saturated rings. The highest BCUT2D eigenvalue weighted by atomic mass is 16.5. The summed E-state index contributed by atoms with van der Waals surface area (Å²) in [6.07, 6.45) is 2.79. The van der Waals surface area contributed by atoms with Crippen molar-refractivity contribution in [3.63, 3.8) is 0 Å². The first-order valence-corrected chi connectivity index (χ1v) is 7.57. The van der Waals surface area contributed by atoms with E-state index in [2.05, 4.69) is 36.0 Å². The van der Waals surface area contributed by atoms with Crippen molar-refractivity contribution < 1.29 is 4.74 Å². The largest absolute Gasteiger partial charge is 0.377 e. The second-order valence-electron chi connectivity index (χ2n) is 6.96. The molecule has 3 rings (SSSR count). The van der Waals surface area contributed by atoms with Gasteiger partial charge in [-0.05, 0) is 17.9 Å². The third-order valence-corrected chi connectivity index (χ3v) is 4.16. The maximum absolute atomic E-state index is 11.7. The Balaban J connectivity index is 1.90. The average Bonchev–Trinajstić information content (AvgIpc) is 3.08. The van der Waals surface area contributed by atoms with Crippen LogP contribution in [0, 0.1) is 5.41 Å². The van der Waals surface area contributed by atoms with Crippen LogP contribution in [0.25, 0.3) is 11.4 Å². The minimum atomic E-state index is -0.0689. The third kappa shape index (κ3) is 2.70. The molecular weight excluding hydrogens is 280 g/mol. The van der Waals surface area contributed by atoms with E-state index in [-0.39, 0.29) is 23.0 Å². The number of aromatic amines is 1. The zero-order chi connectivity index (χ0) is 15.9. The Labute approximate surface area is 129 Å². The van der Waals surface area contributed by atoms with Crippen molar-refractivity contribution in [2.75, 3.05) is 6.61 Å². The molecule has 1 N–H and O–H groups in total. The number of nitrogens with zero attached hydrogens (tertiary/aromatic N) is 3. The van der Waals surface area contributed by atoms with Crippen LogP contribution in [0.5, 0.6) is 0 Å². The molecule has 22 heavy (non-hydrogen) atoms. The molecule has 6 nitrogen and oxygen atoms in total. The first-order valence-electron chi connectivity index (χ1n) is 7.57. The van der Waals surface area contributed by atoms with Crippen molar-refractivity contribution in [2.24, 2.45) is 12.5 Å². The fraction of sp³-hybridized carbons (Fsp3) is 0.562. The summed E-state index contributed by atoms with van der Waals surface area (Å²) in [5.74, 6) is 1.62. The van der Waals surface area contributed by atoms with Crippen molar-refractivity contribution in [1.29, 1.82) is 0 Å². The van der Waals surface area contributed by atoms with Crippen LogP contribution in [0.3, 0.4) is 0 Å². The van der Waals surface area contributed by atoms with Crippen LogP contribution in [-0.2, 0) is 11.8 Å². The molecule has 1 aliphatic heterocycles. The molecule has 6 heteroatoms. The Hall–Kier alpha value is -1.95. The van der Waals surface area contributed by atoms with Crippen LogP contribution in [0.4, 0.5) is 0 Å². The number of pyridine rings is 1. The summed E-state index contributed by atoms with van der Waals surface area (Å²) >= 11 is 0. The molecule has 0 aliphatic carbocycles. The van der Waals surface area contributed by atoms with Gasteiger partial charge in [0.2, 0.25) is 0 Å². The van der Waals surface area contributed by atoms with Crippen LogP contribution in [-0.4, -0.2) is 32.5 Å². The molecule has 2 aromatic rings. The van der Waals surface area contributed by atoms with E-state index in [0.29, 0.717) is 5.82 Å². The Morgan fingerprint density at radius 2 is 2.18 bits per heavy atom. The number of aryl methyl sites for hydroxylation is 1. The number of hydrogen-bond donors (Lipinski definition) is 1. The van der Waals surface area contributed by atoms with Gasteiger partial charge in [-0.2, -0.15) is 5.10 Å². The van der Waals surface area contributed by atoms with Gasteiger partial charge in [-0.1, -0.05) is 20.8 Å². The first kappa shape index (κ1) is 15.0. The molecule has 3 heterocycles. The second-order valence-corrected chi connectivity index (χ2v) is 6.96. The van der Waals surface area contributed by atoms with Gasteiger partial charge in [0.25, 0.3) is 5.56 Å². The fourth-order valence-electron chi connectivity index (χ4n) is 2.98. The minimum absolute atomic E-state index is 0.0524. The normalized spacial score (nSPS) is 22.2. The summed E-state index contributed by atoms with van der Waals surface area (Å²) < 4.78 is 7.42. The molecule has 0 spiro atoms. The Morgan fingerprint density at radius 1 is 1.41 bits per heavy atom. The van der Waals surface area contributed by atoms with E-state index in [4.69, 9.17) is 4.74 Å². The highest BCUT2D eigenvalue weighted by Crippen LogP contribution is 2.39. The summed E-state index contributed by atoms with van der Waals surface area (Å²) in [5.41, 5.74) is 0.717. The van der Waals surface area contributed by atoms with E-state index < -0.39 is 0 Å². The molecule has 1 saturated heterocycles. The van der Waals surface area contributed by atoms with Gasteiger partial charge < -0.3 is 9.30 Å². The lowest BCUT2D eigenvalue weighted by Gasteiger charge is -2.29. The Bertz CT molecular complexity index is 726. The van der Waals surface area contributed by atoms with E-state index >= 15 is 0 Å². The zero-order valence-corrected chi connectivity index (χ0v) is 13.5. The SMILES string of the molecule is Cn1ccc(-c2n[nH]c([C@@H]3CCO[C@H]3C(C)(C)C)n2)cc1=O. The van der Waals surface area contributed by atoms with Crippen LogP contribution in [0.2, 0.25) is 0 Å². The van der Waals surface area contributed by atoms with E-state index in [1.54, 1.807) is 19.3 Å². The monoisotopic (exact) mass is 302 g/mol. The summed E-state index contributed by atoms with van der Waals surface area (Å²) in [6, 6.07) is 3.40. The maximum atomic E-state index is 11.7. The summed E-state index contributed by atoms with van der Waals surface area (Å²) in [4.78, 5) is 16.3. The van der Waals surface area contributed by atoms with Crippen molar-refractivity contribution >= 4 is 0 Å². The topological polar surface area (TPSA) is 72.8 Å². The quantitative estimate of drug-likeness (QED) is 0.922. The van der Waals surface area contributed by atoms with Gasteiger partial charge in [0.05, 0.1) is 6.10 Å². The number of H-pyrrole nitrogens is 1. The molecule has 1 aliphatic rings. The van der Waals surface area contributed by atoms with E-state index in [0.717, 1.165) is 24.4 Å². The predicted molar refractivity (Wildman–Crippen MR) is 83.6 cm³/mol. The molecule has 0 unspecified atom stereocenters. The molecular formula is C16H22N4O2. The number of rotatable bonds is 2. The fourth-order valence-corrected chi connectivity index (χ4v) is 2.98. The molecule has 2 atom stereocenters. The Kier molecular flexibility index (Phi) is 3.64. The minimum Gasteiger partial charge on any atom is -0.377 e. The smallest absolute Gasteiger partial charge is 0.250 e. The average molecular weight is 302 g/mol. The second kappa shape index (κ2) is 5.35. The van der Waals surface area contributed by atoms with Gasteiger partial charge in [-0.3, -0.25) is 9.89 Å². The van der Waals surface area contributed by atoms with E-state index in [1.807, 2.05) is 6.07 Å². The lowest BCUT2D eigenvalue weighted by atomic mass is 9.81. The molecule has 0 bridgehead atoms. The predicted octanol–water partition coefficient (Wildman–Crippen LogP) is 2.09. The number of nitrogens with one attached hydrogen (secondary N) is 1. The highest BCUT2D eigenvalue weighted by molar-refractivity contribution is 5.53. The van der Waals surface area contributed by atoms with Gasteiger partial charge in [0.1, 0.15) is 5.82 Å². The van der Waals surface area contributed by atoms with Crippen molar-refractivity contribution in [2.45, 2.75) is 39.2 Å². The summed E-state index contributed by atoms with van der Waals surface area (Å²) in [6.45, 7) is 7.27. The molecule has 0 radical (unpaired) electrons. The molecule has 2 aromatic heterocycles. The van der Waals surface area contributed by atoms with Crippen LogP contribution < -0.4 is 5.56 Å². The molecule has 0 saturated carbocycles. The van der Waals surface area contributed by atoms with Gasteiger partial charge in [0.15, 0.2) is 5.82 Å². The molecule has 0 amide bonds. The third-order valence-electron chi connectivity index (χ3n) is 4.16. The van der Waals surface area contributed by atoms with Crippen molar-refractivity contribution in [3.8, 4) is 11.4 Å². The summed E-state index contributed by atoms with van der Waals surface area (Å²) in [5, 5.41) is 7.31. The van der Waals surface area contributed by atoms with E-state index in [1.165, 1.54) is 4.57 Å². The van der Waals surface area contributed by atoms with Gasteiger partial charge in [-0.15, -0.1) is 0 Å². The van der Waals surface area contributed by atoms with E-state index in [9.17, 15) is 4.79 Å². The van der Waals surface area contributed by atoms with Crippen LogP contribution in [0.1, 0.15) is 38.9 Å². The zero-order valence-electron chi connectivity index (χ0n) is 13.5. The first-order chi connectivity index (χ1) is 10.4. The highest BCUT2D eigenvalue weighted by Gasteiger charge is 2.39. The number of ether oxygens (including phenoxy) is 1. The standard InChI is InChI=1S/C16H22N4O2/c1-16(2,3)13-11(6-8-22-13)15-17-14(18-19-15)10-5-7-20(4)12(21)9-10/h5,7,9,11,13H,6,8H2,1-4H3,(H,17,18,19)/t11-,13-/m1/s1. The maximum Gasteiger partial charge on any atom is 0.250 e. The lowest BCUT2D eigenvalue weighted by Crippen LogP contribution is -2.30. The number of hydrogen-bond acceptors (Lipinski definition) is 4. The van der Waals surface area contributed by atoms with Gasteiger partial charge in [-0.25, -0.2) is 4.98 Å². The van der Waals surface area contributed by atoms with Crippen LogP contribution >= 0.6 is 0 Å². The lowest BCUT2D eigenvalue weighted by molar-refractivity contribution is 0.0197. The Morgan fingerprint density at radius 3 is 2.86 bits per heavy atom. The van der Waals surface area contributed by atoms with Gasteiger partial charge >= 0.3 is 0 Å². The molecule has 118 valence electrons.